The van der Waals surface area contributed by atoms with E-state index in [0.29, 0.717) is 0 Å². The maximum atomic E-state index is 13.4. The molecule has 0 saturated carbocycles. The molecule has 0 aliphatic rings. The van der Waals surface area contributed by atoms with Gasteiger partial charge in [-0.1, -0.05) is 6.92 Å². The van der Waals surface area contributed by atoms with E-state index >= 15 is 0 Å². The fraction of sp³-hybridized carbons (Fsp3) is 0.900. The highest BCUT2D eigenvalue weighted by molar-refractivity contribution is 8.32. The van der Waals surface area contributed by atoms with Crippen LogP contribution >= 0.6 is 10.3 Å². The molecular formula is C10H13F9O4S2. The molecule has 0 N–H and O–H groups in total. The third-order valence-corrected chi connectivity index (χ3v) is 6.70. The minimum Gasteiger partial charge on any atom is -0.299 e. The molecule has 4 nitrogen and oxygen atoms in total. The first-order valence-corrected chi connectivity index (χ1v) is 10.00. The van der Waals surface area contributed by atoms with Gasteiger partial charge in [0.15, 0.2) is 0 Å². The van der Waals surface area contributed by atoms with E-state index in [4.69, 9.17) is 0 Å². The van der Waals surface area contributed by atoms with Crippen molar-refractivity contribution >= 4 is 26.2 Å². The van der Waals surface area contributed by atoms with Crippen LogP contribution in [0.5, 0.6) is 0 Å². The van der Waals surface area contributed by atoms with Gasteiger partial charge in [-0.15, -0.1) is 10.3 Å². The molecule has 0 aromatic carbocycles. The lowest BCUT2D eigenvalue weighted by Crippen LogP contribution is -2.63. The van der Waals surface area contributed by atoms with Crippen molar-refractivity contribution in [3.63, 3.8) is 0 Å². The Balaban J connectivity index is 5.95. The fourth-order valence-electron chi connectivity index (χ4n) is 1.32. The molecule has 0 amide bonds. The van der Waals surface area contributed by atoms with Crippen molar-refractivity contribution in [3.8, 4) is 0 Å². The van der Waals surface area contributed by atoms with Crippen LogP contribution in [0.4, 0.5) is 39.5 Å². The molecule has 0 aliphatic carbocycles. The van der Waals surface area contributed by atoms with E-state index in [0.717, 1.165) is 12.5 Å². The normalized spacial score (nSPS) is 16.0. The van der Waals surface area contributed by atoms with Crippen molar-refractivity contribution in [2.75, 3.05) is 18.3 Å². The predicted molar refractivity (Wildman–Crippen MR) is 70.5 cm³/mol. The van der Waals surface area contributed by atoms with E-state index in [1.165, 1.54) is 6.92 Å². The monoisotopic (exact) mass is 432 g/mol. The Morgan fingerprint density at radius 1 is 0.880 bits per heavy atom. The highest BCUT2D eigenvalue weighted by Crippen LogP contribution is 2.57. The highest BCUT2D eigenvalue weighted by Gasteiger charge is 2.86. The lowest BCUT2D eigenvalue weighted by atomic mass is 10.1. The van der Waals surface area contributed by atoms with E-state index in [2.05, 4.69) is 3.63 Å². The van der Waals surface area contributed by atoms with Crippen LogP contribution in [0.2, 0.25) is 0 Å². The van der Waals surface area contributed by atoms with E-state index in [1.54, 1.807) is 0 Å². The van der Waals surface area contributed by atoms with Crippen molar-refractivity contribution in [1.29, 1.82) is 0 Å². The zero-order valence-electron chi connectivity index (χ0n) is 12.8. The summed E-state index contributed by atoms with van der Waals surface area (Å²) in [4.78, 5) is 11.2. The zero-order chi connectivity index (χ0) is 20.7. The molecule has 25 heavy (non-hydrogen) atoms. The first kappa shape index (κ1) is 24.3. The molecule has 0 atom stereocenters. The van der Waals surface area contributed by atoms with Gasteiger partial charge in [-0.2, -0.15) is 47.9 Å². The molecule has 0 spiro atoms. The summed E-state index contributed by atoms with van der Waals surface area (Å²) in [6.07, 6.45) is -5.85. The summed E-state index contributed by atoms with van der Waals surface area (Å²) in [6, 6.07) is 0. The van der Waals surface area contributed by atoms with Crippen LogP contribution in [0.3, 0.4) is 0 Å². The molecule has 0 aliphatic heterocycles. The van der Waals surface area contributed by atoms with Crippen molar-refractivity contribution < 1.29 is 56.4 Å². The Bertz CT molecular complexity index is 610. The highest BCUT2D eigenvalue weighted by atomic mass is 32.3. The largest absolute Gasteiger partial charge is 0.460 e. The van der Waals surface area contributed by atoms with Crippen molar-refractivity contribution in [1.82, 2.24) is 0 Å². The van der Waals surface area contributed by atoms with Crippen molar-refractivity contribution in [2.24, 2.45) is 0 Å². The lowest BCUT2D eigenvalue weighted by Gasteiger charge is -2.35. The smallest absolute Gasteiger partial charge is 0.299 e. The van der Waals surface area contributed by atoms with Crippen LogP contribution in [0, 0.1) is 0 Å². The summed E-state index contributed by atoms with van der Waals surface area (Å²) in [5, 5.41) is -6.92. The Morgan fingerprint density at radius 3 is 1.60 bits per heavy atom. The Kier molecular flexibility index (Phi) is 6.60. The molecule has 0 aromatic rings. The number of carbonyl (C=O) groups excluding carboxylic acids is 1. The van der Waals surface area contributed by atoms with Gasteiger partial charge < -0.3 is 0 Å². The van der Waals surface area contributed by atoms with Crippen molar-refractivity contribution in [3.05, 3.63) is 0 Å². The third kappa shape index (κ3) is 4.53. The minimum atomic E-state index is -7.36. The van der Waals surface area contributed by atoms with Gasteiger partial charge in [0.2, 0.25) is 0 Å². The van der Waals surface area contributed by atoms with E-state index in [9.17, 15) is 52.7 Å². The zero-order valence-corrected chi connectivity index (χ0v) is 14.4. The topological polar surface area (TPSA) is 60.4 Å². The number of rotatable bonds is 8. The van der Waals surface area contributed by atoms with Gasteiger partial charge in [0, 0.05) is 6.42 Å². The average Bonchev–Trinajstić information content (AvgIpc) is 2.34. The molecule has 0 unspecified atom stereocenters. The second-order valence-corrected chi connectivity index (χ2v) is 10.3. The molecule has 0 heterocycles. The van der Waals surface area contributed by atoms with Crippen LogP contribution < -0.4 is 0 Å². The molecule has 0 aromatic heterocycles. The standard InChI is InChI=1S/C10H13F9O4S2/c1-4-6(20)5-24(2,3)23-25(21,22)10(18,19)8(13,14)7(11,12)9(15,16)17/h4-5H2,1-3H3. The molecule has 152 valence electrons. The number of hydrogen-bond donors (Lipinski definition) is 0. The SMILES string of the molecule is CCC(=O)CS(C)(C)OS(=O)(=O)C(F)(F)C(F)(F)C(F)(F)C(F)(F)F. The van der Waals surface area contributed by atoms with Crippen molar-refractivity contribution in [2.45, 2.75) is 36.6 Å². The number of halogens is 9. The van der Waals surface area contributed by atoms with E-state index in [1.807, 2.05) is 0 Å². The maximum absolute atomic E-state index is 13.4. The van der Waals surface area contributed by atoms with Gasteiger partial charge in [-0.3, -0.25) is 4.79 Å². The van der Waals surface area contributed by atoms with Gasteiger partial charge in [0.05, 0.1) is 5.75 Å². The van der Waals surface area contributed by atoms with Gasteiger partial charge in [-0.25, -0.2) is 3.63 Å². The first-order chi connectivity index (χ1) is 10.7. The van der Waals surface area contributed by atoms with Gasteiger partial charge >= 0.3 is 33.4 Å². The van der Waals surface area contributed by atoms with Crippen LogP contribution in [-0.4, -0.2) is 55.7 Å². The average molecular weight is 432 g/mol. The first-order valence-electron chi connectivity index (χ1n) is 6.05. The molecule has 0 radical (unpaired) electrons. The second-order valence-electron chi connectivity index (χ2n) is 5.16. The van der Waals surface area contributed by atoms with Gasteiger partial charge in [0.1, 0.15) is 5.78 Å². The summed E-state index contributed by atoms with van der Waals surface area (Å²) >= 11 is 0. The van der Waals surface area contributed by atoms with Crippen LogP contribution in [0.25, 0.3) is 0 Å². The number of Topliss-reactive ketones (excluding diaryl/α,β-unsaturated/α-hetero) is 1. The Labute approximate surface area is 138 Å². The molecule has 0 fully saturated rings. The Morgan fingerprint density at radius 2 is 1.28 bits per heavy atom. The summed E-state index contributed by atoms with van der Waals surface area (Å²) < 4.78 is 141. The molecular weight excluding hydrogens is 419 g/mol. The number of hydrogen-bond acceptors (Lipinski definition) is 4. The fourth-order valence-corrected chi connectivity index (χ4v) is 5.21. The predicted octanol–water partition coefficient (Wildman–Crippen LogP) is 3.72. The van der Waals surface area contributed by atoms with Gasteiger partial charge in [-0.05, 0) is 12.5 Å². The molecule has 15 heteroatoms. The summed E-state index contributed by atoms with van der Waals surface area (Å²) in [7, 11) is -10.3. The second kappa shape index (κ2) is 6.79. The molecule has 0 saturated heterocycles. The molecule has 0 rings (SSSR count). The summed E-state index contributed by atoms with van der Waals surface area (Å²) in [5.41, 5.74) is 0. The summed E-state index contributed by atoms with van der Waals surface area (Å²) in [5.74, 6) is -16.3. The minimum absolute atomic E-state index is 0.210. The van der Waals surface area contributed by atoms with Crippen LogP contribution in [-0.2, 0) is 18.5 Å². The number of alkyl halides is 9. The number of ketones is 1. The van der Waals surface area contributed by atoms with E-state index < -0.39 is 55.2 Å². The third-order valence-electron chi connectivity index (χ3n) is 2.61. The van der Waals surface area contributed by atoms with Crippen LogP contribution in [0.1, 0.15) is 13.3 Å². The van der Waals surface area contributed by atoms with Gasteiger partial charge in [0.25, 0.3) is 0 Å². The Hall–Kier alpha value is -0.700. The summed E-state index contributed by atoms with van der Waals surface area (Å²) in [6.45, 7) is 1.29. The number of carbonyl (C=O) groups is 1. The maximum Gasteiger partial charge on any atom is 0.460 e. The lowest BCUT2D eigenvalue weighted by molar-refractivity contribution is -0.382. The molecule has 0 bridgehead atoms. The quantitative estimate of drug-likeness (QED) is 0.549. The van der Waals surface area contributed by atoms with Crippen LogP contribution in [0.15, 0.2) is 0 Å². The van der Waals surface area contributed by atoms with E-state index in [-0.39, 0.29) is 6.42 Å².